The summed E-state index contributed by atoms with van der Waals surface area (Å²) in [4.78, 5) is 10.3. The quantitative estimate of drug-likeness (QED) is 0.669. The molecular formula is C23H25N5S. The summed E-state index contributed by atoms with van der Waals surface area (Å²) in [6.07, 6.45) is 5.56. The molecule has 1 aliphatic heterocycles. The van der Waals surface area contributed by atoms with Gasteiger partial charge in [0, 0.05) is 49.1 Å². The molecule has 2 aromatic heterocycles. The number of fused-ring (bicyclic) bond motifs is 1. The van der Waals surface area contributed by atoms with Gasteiger partial charge in [0.15, 0.2) is 0 Å². The third-order valence-corrected chi connectivity index (χ3v) is 7.30. The Kier molecular flexibility index (Phi) is 4.86. The average molecular weight is 404 g/mol. The van der Waals surface area contributed by atoms with Crippen LogP contribution >= 0.6 is 11.3 Å². The molecule has 1 saturated heterocycles. The monoisotopic (exact) mass is 403 g/mol. The predicted octanol–water partition coefficient (Wildman–Crippen LogP) is 4.93. The largest absolute Gasteiger partial charge is 0.369 e. The molecule has 1 saturated carbocycles. The fraction of sp³-hybridized carbons (Fsp3) is 0.391. The second kappa shape index (κ2) is 7.66. The van der Waals surface area contributed by atoms with Crippen molar-refractivity contribution in [1.29, 1.82) is 5.26 Å². The fourth-order valence-corrected chi connectivity index (χ4v) is 5.28. The normalized spacial score (nSPS) is 17.9. The van der Waals surface area contributed by atoms with E-state index < -0.39 is 0 Å². The van der Waals surface area contributed by atoms with Gasteiger partial charge in [-0.05, 0) is 61.7 Å². The Morgan fingerprint density at radius 3 is 2.55 bits per heavy atom. The number of hydrogen-bond donors (Lipinski definition) is 1. The maximum absolute atomic E-state index is 9.56. The minimum absolute atomic E-state index is 0.538. The first kappa shape index (κ1) is 18.4. The third-order valence-electron chi connectivity index (χ3n) is 6.24. The number of anilines is 3. The zero-order valence-electron chi connectivity index (χ0n) is 16.7. The van der Waals surface area contributed by atoms with E-state index >= 15 is 0 Å². The van der Waals surface area contributed by atoms with E-state index in [1.807, 2.05) is 6.20 Å². The van der Waals surface area contributed by atoms with Gasteiger partial charge < -0.3 is 15.1 Å². The van der Waals surface area contributed by atoms with Crippen molar-refractivity contribution >= 4 is 38.6 Å². The van der Waals surface area contributed by atoms with Crippen molar-refractivity contribution in [1.82, 2.24) is 9.88 Å². The second-order valence-corrected chi connectivity index (χ2v) is 9.16. The number of pyridine rings is 1. The van der Waals surface area contributed by atoms with Crippen LogP contribution in [0.25, 0.3) is 10.1 Å². The Morgan fingerprint density at radius 2 is 1.90 bits per heavy atom. The fourth-order valence-electron chi connectivity index (χ4n) is 4.24. The van der Waals surface area contributed by atoms with Crippen molar-refractivity contribution in [3.63, 3.8) is 0 Å². The van der Waals surface area contributed by atoms with E-state index in [-0.39, 0.29) is 0 Å². The summed E-state index contributed by atoms with van der Waals surface area (Å²) in [6.45, 7) is 4.37. The highest BCUT2D eigenvalue weighted by molar-refractivity contribution is 7.19. The van der Waals surface area contributed by atoms with Crippen LogP contribution in [0.2, 0.25) is 0 Å². The number of nitrogens with one attached hydrogen (secondary N) is 1. The van der Waals surface area contributed by atoms with Crippen LogP contribution in [0, 0.1) is 11.3 Å². The topological polar surface area (TPSA) is 55.2 Å². The molecule has 148 valence electrons. The van der Waals surface area contributed by atoms with Gasteiger partial charge in [-0.15, -0.1) is 11.3 Å². The second-order valence-electron chi connectivity index (χ2n) is 8.11. The maximum Gasteiger partial charge on any atom is 0.130 e. The number of piperazine rings is 1. The van der Waals surface area contributed by atoms with Crippen molar-refractivity contribution in [2.75, 3.05) is 43.4 Å². The number of aromatic nitrogens is 1. The van der Waals surface area contributed by atoms with E-state index in [0.29, 0.717) is 5.92 Å². The molecule has 3 heterocycles. The van der Waals surface area contributed by atoms with Crippen LogP contribution in [0.1, 0.15) is 35.6 Å². The van der Waals surface area contributed by atoms with Crippen LogP contribution in [0.5, 0.6) is 0 Å². The molecule has 1 N–H and O–H groups in total. The summed E-state index contributed by atoms with van der Waals surface area (Å²) >= 11 is 1.57. The van der Waals surface area contributed by atoms with Gasteiger partial charge in [0.2, 0.25) is 0 Å². The maximum atomic E-state index is 9.56. The molecule has 1 aromatic carbocycles. The van der Waals surface area contributed by atoms with Gasteiger partial charge >= 0.3 is 0 Å². The average Bonchev–Trinajstić information content (AvgIpc) is 3.06. The Bertz CT molecular complexity index is 1050. The van der Waals surface area contributed by atoms with Crippen LogP contribution in [-0.2, 0) is 0 Å². The summed E-state index contributed by atoms with van der Waals surface area (Å²) < 4.78 is 1.11. The van der Waals surface area contributed by atoms with Gasteiger partial charge in [-0.3, -0.25) is 0 Å². The summed E-state index contributed by atoms with van der Waals surface area (Å²) in [7, 11) is 2.18. The molecule has 3 aromatic rings. The van der Waals surface area contributed by atoms with Gasteiger partial charge in [-0.25, -0.2) is 4.98 Å². The van der Waals surface area contributed by atoms with Crippen LogP contribution in [0.4, 0.5) is 17.2 Å². The number of nitrogens with zero attached hydrogens (tertiary/aromatic N) is 4. The van der Waals surface area contributed by atoms with Gasteiger partial charge in [0.25, 0.3) is 0 Å². The zero-order chi connectivity index (χ0) is 19.8. The van der Waals surface area contributed by atoms with Crippen molar-refractivity contribution in [3.05, 3.63) is 47.0 Å². The summed E-state index contributed by atoms with van der Waals surface area (Å²) in [5.41, 5.74) is 3.56. The molecule has 5 rings (SSSR count). The molecule has 0 spiro atoms. The molecular weight excluding hydrogens is 378 g/mol. The van der Waals surface area contributed by atoms with Crippen molar-refractivity contribution in [2.45, 2.75) is 25.2 Å². The number of likely N-dealkylation sites (N-methyl/N-ethyl adjacent to an activating group) is 1. The standard InChI is InChI=1S/C23H25N5S/c1-27-9-11-28(12-10-27)18-7-5-17(6-8-18)26-22-13-19-21(15-25-22)29-20(14-24)23(19)16-3-2-4-16/h5-8,13,15-16H,2-4,9-12H2,1H3,(H,25,26). The molecule has 0 amide bonds. The van der Waals surface area contributed by atoms with E-state index in [9.17, 15) is 5.26 Å². The summed E-state index contributed by atoms with van der Waals surface area (Å²) in [5, 5.41) is 14.2. The SMILES string of the molecule is CN1CCN(c2ccc(Nc3cc4c(C5CCC5)c(C#N)sc4cn3)cc2)CC1. The molecule has 2 aliphatic rings. The molecule has 5 nitrogen and oxygen atoms in total. The first-order valence-electron chi connectivity index (χ1n) is 10.3. The smallest absolute Gasteiger partial charge is 0.130 e. The predicted molar refractivity (Wildman–Crippen MR) is 120 cm³/mol. The Labute approximate surface area is 175 Å². The van der Waals surface area contributed by atoms with E-state index in [0.717, 1.165) is 47.3 Å². The third kappa shape index (κ3) is 3.57. The van der Waals surface area contributed by atoms with Crippen LogP contribution in [0.15, 0.2) is 36.5 Å². The van der Waals surface area contributed by atoms with E-state index in [2.05, 4.69) is 63.5 Å². The molecule has 0 atom stereocenters. The van der Waals surface area contributed by atoms with E-state index in [1.165, 1.54) is 35.9 Å². The summed E-state index contributed by atoms with van der Waals surface area (Å²) in [5.74, 6) is 1.38. The lowest BCUT2D eigenvalue weighted by Crippen LogP contribution is -2.44. The van der Waals surface area contributed by atoms with Crippen molar-refractivity contribution in [3.8, 4) is 6.07 Å². The highest BCUT2D eigenvalue weighted by Crippen LogP contribution is 2.45. The number of thiophene rings is 1. The molecule has 2 fully saturated rings. The van der Waals surface area contributed by atoms with Crippen molar-refractivity contribution in [2.24, 2.45) is 0 Å². The lowest BCUT2D eigenvalue weighted by molar-refractivity contribution is 0.313. The number of rotatable bonds is 4. The highest BCUT2D eigenvalue weighted by atomic mass is 32.1. The Hall–Kier alpha value is -2.62. The molecule has 0 radical (unpaired) electrons. The zero-order valence-corrected chi connectivity index (χ0v) is 17.5. The number of nitriles is 1. The van der Waals surface area contributed by atoms with E-state index in [1.54, 1.807) is 11.3 Å². The molecule has 0 bridgehead atoms. The lowest BCUT2D eigenvalue weighted by Gasteiger charge is -2.34. The van der Waals surface area contributed by atoms with Gasteiger partial charge in [0.1, 0.15) is 16.8 Å². The Morgan fingerprint density at radius 1 is 1.14 bits per heavy atom. The molecule has 6 heteroatoms. The first-order valence-corrected chi connectivity index (χ1v) is 11.2. The highest BCUT2D eigenvalue weighted by Gasteiger charge is 2.26. The summed E-state index contributed by atoms with van der Waals surface area (Å²) in [6, 6.07) is 13.1. The molecule has 29 heavy (non-hydrogen) atoms. The first-order chi connectivity index (χ1) is 14.2. The lowest BCUT2D eigenvalue weighted by atomic mass is 9.79. The Balaban J connectivity index is 1.37. The van der Waals surface area contributed by atoms with Crippen LogP contribution in [0.3, 0.4) is 0 Å². The van der Waals surface area contributed by atoms with Crippen LogP contribution < -0.4 is 10.2 Å². The van der Waals surface area contributed by atoms with Gasteiger partial charge in [-0.2, -0.15) is 5.26 Å². The minimum Gasteiger partial charge on any atom is -0.369 e. The molecule has 1 aliphatic carbocycles. The van der Waals surface area contributed by atoms with E-state index in [4.69, 9.17) is 0 Å². The number of hydrogen-bond acceptors (Lipinski definition) is 6. The molecule has 0 unspecified atom stereocenters. The van der Waals surface area contributed by atoms with Crippen LogP contribution in [-0.4, -0.2) is 43.1 Å². The van der Waals surface area contributed by atoms with Crippen molar-refractivity contribution < 1.29 is 0 Å². The number of benzene rings is 1. The van der Waals surface area contributed by atoms with Gasteiger partial charge in [0.05, 0.1) is 4.70 Å². The van der Waals surface area contributed by atoms with Gasteiger partial charge in [-0.1, -0.05) is 6.42 Å². The minimum atomic E-state index is 0.538.